The molecule has 3 aromatic carbocycles. The lowest BCUT2D eigenvalue weighted by atomic mass is 10.0. The molecule has 0 saturated heterocycles. The molecule has 0 saturated carbocycles. The van der Waals surface area contributed by atoms with Gasteiger partial charge in [-0.1, -0.05) is 42.5 Å². The Kier molecular flexibility index (Phi) is 4.59. The molecule has 4 rings (SSSR count). The number of fused-ring (bicyclic) bond motifs is 2. The van der Waals surface area contributed by atoms with E-state index in [-0.39, 0.29) is 5.91 Å². The van der Waals surface area contributed by atoms with Crippen LogP contribution in [0.3, 0.4) is 0 Å². The number of anilines is 1. The predicted octanol–water partition coefficient (Wildman–Crippen LogP) is 3.43. The smallest absolute Gasteiger partial charge is 0.253 e. The number of carbonyl (C=O) groups is 1. The SMILES string of the molecule is CN(Cc1cccc2ccccc12)C(=O)c1ccc2c(c1)CCN2S(C)(=O)=O. The summed E-state index contributed by atoms with van der Waals surface area (Å²) in [6.45, 7) is 0.935. The van der Waals surface area contributed by atoms with E-state index in [2.05, 4.69) is 18.2 Å². The maximum absolute atomic E-state index is 13.0. The number of benzene rings is 3. The number of hydrogen-bond acceptors (Lipinski definition) is 3. The normalized spacial score (nSPS) is 13.6. The fourth-order valence-electron chi connectivity index (χ4n) is 3.83. The summed E-state index contributed by atoms with van der Waals surface area (Å²) >= 11 is 0. The van der Waals surface area contributed by atoms with Gasteiger partial charge in [0, 0.05) is 25.7 Å². The van der Waals surface area contributed by atoms with Crippen molar-refractivity contribution in [3.05, 3.63) is 77.4 Å². The highest BCUT2D eigenvalue weighted by Gasteiger charge is 2.27. The molecule has 0 unspecified atom stereocenters. The Morgan fingerprint density at radius 2 is 1.82 bits per heavy atom. The minimum absolute atomic E-state index is 0.0754. The molecule has 3 aromatic rings. The quantitative estimate of drug-likeness (QED) is 0.681. The van der Waals surface area contributed by atoms with Gasteiger partial charge >= 0.3 is 0 Å². The molecule has 1 aliphatic rings. The highest BCUT2D eigenvalue weighted by Crippen LogP contribution is 2.31. The minimum atomic E-state index is -3.29. The fourth-order valence-corrected chi connectivity index (χ4v) is 4.79. The van der Waals surface area contributed by atoms with Crippen LogP contribution in [0.2, 0.25) is 0 Å². The summed E-state index contributed by atoms with van der Waals surface area (Å²) in [5.41, 5.74) is 3.25. The molecule has 144 valence electrons. The fraction of sp³-hybridized carbons (Fsp3) is 0.227. The highest BCUT2D eigenvalue weighted by atomic mass is 32.2. The van der Waals surface area contributed by atoms with Crippen LogP contribution in [0, 0.1) is 0 Å². The van der Waals surface area contributed by atoms with Gasteiger partial charge in [0.25, 0.3) is 5.91 Å². The number of sulfonamides is 1. The van der Waals surface area contributed by atoms with Crippen LogP contribution in [0.5, 0.6) is 0 Å². The molecule has 0 aromatic heterocycles. The van der Waals surface area contributed by atoms with Gasteiger partial charge in [-0.05, 0) is 46.5 Å². The molecule has 6 heteroatoms. The van der Waals surface area contributed by atoms with E-state index >= 15 is 0 Å². The summed E-state index contributed by atoms with van der Waals surface area (Å²) in [5, 5.41) is 2.29. The van der Waals surface area contributed by atoms with Crippen molar-refractivity contribution in [2.24, 2.45) is 0 Å². The Morgan fingerprint density at radius 3 is 2.61 bits per heavy atom. The van der Waals surface area contributed by atoms with Gasteiger partial charge in [-0.25, -0.2) is 8.42 Å². The lowest BCUT2D eigenvalue weighted by Gasteiger charge is -2.20. The van der Waals surface area contributed by atoms with Crippen molar-refractivity contribution in [3.8, 4) is 0 Å². The molecule has 5 nitrogen and oxygen atoms in total. The zero-order valence-electron chi connectivity index (χ0n) is 15.9. The van der Waals surface area contributed by atoms with E-state index in [1.54, 1.807) is 24.1 Å². The van der Waals surface area contributed by atoms with E-state index in [0.717, 1.165) is 21.9 Å². The monoisotopic (exact) mass is 394 g/mol. The van der Waals surface area contributed by atoms with E-state index in [1.165, 1.54) is 10.6 Å². The Labute approximate surface area is 165 Å². The molecule has 1 aliphatic heterocycles. The lowest BCUT2D eigenvalue weighted by molar-refractivity contribution is 0.0785. The summed E-state index contributed by atoms with van der Waals surface area (Å²) in [7, 11) is -1.50. The molecular weight excluding hydrogens is 372 g/mol. The lowest BCUT2D eigenvalue weighted by Crippen LogP contribution is -2.28. The molecule has 28 heavy (non-hydrogen) atoms. The summed E-state index contributed by atoms with van der Waals surface area (Å²) in [6, 6.07) is 19.5. The van der Waals surface area contributed by atoms with Gasteiger partial charge in [-0.15, -0.1) is 0 Å². The predicted molar refractivity (Wildman–Crippen MR) is 112 cm³/mol. The summed E-state index contributed by atoms with van der Waals surface area (Å²) < 4.78 is 25.2. The first kappa shape index (κ1) is 18.5. The summed E-state index contributed by atoms with van der Waals surface area (Å²) in [5.74, 6) is -0.0754. The Morgan fingerprint density at radius 1 is 1.07 bits per heavy atom. The topological polar surface area (TPSA) is 57.7 Å². The van der Waals surface area contributed by atoms with Gasteiger partial charge in [-0.2, -0.15) is 0 Å². The maximum Gasteiger partial charge on any atom is 0.253 e. The Hall–Kier alpha value is -2.86. The molecule has 0 aliphatic carbocycles. The third-order valence-corrected chi connectivity index (χ3v) is 6.39. The van der Waals surface area contributed by atoms with E-state index < -0.39 is 10.0 Å². The molecule has 0 N–H and O–H groups in total. The van der Waals surface area contributed by atoms with Crippen molar-refractivity contribution in [1.29, 1.82) is 0 Å². The van der Waals surface area contributed by atoms with Crippen LogP contribution in [0.4, 0.5) is 5.69 Å². The van der Waals surface area contributed by atoms with Crippen molar-refractivity contribution >= 4 is 32.4 Å². The van der Waals surface area contributed by atoms with E-state index in [4.69, 9.17) is 0 Å². The minimum Gasteiger partial charge on any atom is -0.337 e. The summed E-state index contributed by atoms with van der Waals surface area (Å²) in [4.78, 5) is 14.7. The van der Waals surface area contributed by atoms with E-state index in [0.29, 0.717) is 30.8 Å². The van der Waals surface area contributed by atoms with Gasteiger partial charge < -0.3 is 4.90 Å². The molecule has 0 bridgehead atoms. The highest BCUT2D eigenvalue weighted by molar-refractivity contribution is 7.92. The average molecular weight is 394 g/mol. The second-order valence-electron chi connectivity index (χ2n) is 7.23. The number of rotatable bonds is 4. The molecule has 1 amide bonds. The van der Waals surface area contributed by atoms with Gasteiger partial charge in [0.1, 0.15) is 0 Å². The number of amides is 1. The Bertz CT molecular complexity index is 1170. The molecular formula is C22H22N2O3S. The molecule has 1 heterocycles. The largest absolute Gasteiger partial charge is 0.337 e. The van der Waals surface area contributed by atoms with Crippen molar-refractivity contribution in [3.63, 3.8) is 0 Å². The first-order valence-corrected chi connectivity index (χ1v) is 11.0. The second-order valence-corrected chi connectivity index (χ2v) is 9.13. The van der Waals surface area contributed by atoms with Gasteiger partial charge in [0.2, 0.25) is 10.0 Å². The van der Waals surface area contributed by atoms with Crippen LogP contribution in [0.25, 0.3) is 10.8 Å². The van der Waals surface area contributed by atoms with Crippen molar-refractivity contribution in [2.45, 2.75) is 13.0 Å². The van der Waals surface area contributed by atoms with Gasteiger partial charge in [-0.3, -0.25) is 9.10 Å². The molecule has 0 spiro atoms. The third-order valence-electron chi connectivity index (χ3n) is 5.21. The van der Waals surface area contributed by atoms with Crippen LogP contribution in [0.1, 0.15) is 21.5 Å². The molecule has 0 radical (unpaired) electrons. The molecule has 0 fully saturated rings. The van der Waals surface area contributed by atoms with Crippen LogP contribution >= 0.6 is 0 Å². The maximum atomic E-state index is 13.0. The zero-order chi connectivity index (χ0) is 19.9. The van der Waals surface area contributed by atoms with Crippen molar-refractivity contribution in [2.75, 3.05) is 24.2 Å². The van der Waals surface area contributed by atoms with Gasteiger partial charge in [0.15, 0.2) is 0 Å². The first-order chi connectivity index (χ1) is 13.3. The van der Waals surface area contributed by atoms with Crippen LogP contribution in [-0.4, -0.2) is 39.1 Å². The molecule has 0 atom stereocenters. The number of hydrogen-bond donors (Lipinski definition) is 0. The first-order valence-electron chi connectivity index (χ1n) is 9.17. The third kappa shape index (κ3) is 3.36. The number of nitrogens with zero attached hydrogens (tertiary/aromatic N) is 2. The van der Waals surface area contributed by atoms with E-state index in [1.807, 2.05) is 30.3 Å². The standard InChI is InChI=1S/C22H22N2O3S/c1-23(15-19-8-5-7-16-6-3-4-9-20(16)19)22(25)18-10-11-21-17(14-18)12-13-24(21)28(2,26)27/h3-11,14H,12-13,15H2,1-2H3. The average Bonchev–Trinajstić information content (AvgIpc) is 3.11. The van der Waals surface area contributed by atoms with Crippen molar-refractivity contribution in [1.82, 2.24) is 4.90 Å². The van der Waals surface area contributed by atoms with Crippen LogP contribution in [0.15, 0.2) is 60.7 Å². The van der Waals surface area contributed by atoms with Crippen molar-refractivity contribution < 1.29 is 13.2 Å². The van der Waals surface area contributed by atoms with Crippen LogP contribution < -0.4 is 4.31 Å². The summed E-state index contributed by atoms with van der Waals surface area (Å²) in [6.07, 6.45) is 1.83. The number of carbonyl (C=O) groups excluding carboxylic acids is 1. The zero-order valence-corrected chi connectivity index (χ0v) is 16.7. The van der Waals surface area contributed by atoms with E-state index in [9.17, 15) is 13.2 Å². The second kappa shape index (κ2) is 6.95. The van der Waals surface area contributed by atoms with Gasteiger partial charge in [0.05, 0.1) is 11.9 Å². The Balaban J connectivity index is 1.58. The van der Waals surface area contributed by atoms with Crippen LogP contribution in [-0.2, 0) is 23.0 Å².